The van der Waals surface area contributed by atoms with Gasteiger partial charge in [-0.15, -0.1) is 0 Å². The minimum absolute atomic E-state index is 0.492. The van der Waals surface area contributed by atoms with Crippen LogP contribution in [0.4, 0.5) is 5.95 Å². The number of rotatable bonds is 2. The van der Waals surface area contributed by atoms with Crippen LogP contribution in [0.3, 0.4) is 0 Å². The number of anilines is 1. The molecule has 1 aromatic rings. The second kappa shape index (κ2) is 4.89. The molecule has 1 atom stereocenters. The van der Waals surface area contributed by atoms with E-state index in [2.05, 4.69) is 9.97 Å². The molecule has 1 aliphatic heterocycles. The SMILES string of the molecule is Cc1cc(C)nc(N2CCN(C)CC2C(=O)O)n1. The largest absolute Gasteiger partial charge is 0.480 e. The number of likely N-dealkylation sites (N-methyl/N-ethyl adjacent to an activating group) is 1. The smallest absolute Gasteiger partial charge is 0.327 e. The molecule has 0 bridgehead atoms. The molecule has 1 unspecified atom stereocenters. The topological polar surface area (TPSA) is 69.6 Å². The fourth-order valence-electron chi connectivity index (χ4n) is 2.21. The highest BCUT2D eigenvalue weighted by atomic mass is 16.4. The first-order chi connectivity index (χ1) is 8.47. The first-order valence-electron chi connectivity index (χ1n) is 5.97. The third-order valence-corrected chi connectivity index (χ3v) is 3.10. The molecule has 0 aliphatic carbocycles. The summed E-state index contributed by atoms with van der Waals surface area (Å²) in [6.07, 6.45) is 0. The zero-order chi connectivity index (χ0) is 13.3. The molecule has 1 aromatic heterocycles. The van der Waals surface area contributed by atoms with Crippen LogP contribution in [0.1, 0.15) is 11.4 Å². The lowest BCUT2D eigenvalue weighted by molar-refractivity contribution is -0.139. The molecule has 0 amide bonds. The molecule has 98 valence electrons. The maximum absolute atomic E-state index is 11.3. The van der Waals surface area contributed by atoms with Crippen LogP contribution in [-0.4, -0.2) is 58.7 Å². The highest BCUT2D eigenvalue weighted by Crippen LogP contribution is 2.17. The average molecular weight is 250 g/mol. The van der Waals surface area contributed by atoms with E-state index in [1.165, 1.54) is 0 Å². The summed E-state index contributed by atoms with van der Waals surface area (Å²) < 4.78 is 0. The summed E-state index contributed by atoms with van der Waals surface area (Å²) in [6, 6.07) is 1.31. The first-order valence-corrected chi connectivity index (χ1v) is 5.97. The number of aromatic nitrogens is 2. The minimum Gasteiger partial charge on any atom is -0.480 e. The minimum atomic E-state index is -0.829. The Morgan fingerprint density at radius 1 is 1.33 bits per heavy atom. The predicted octanol–water partition coefficient (Wildman–Crippen LogP) is 0.298. The second-order valence-electron chi connectivity index (χ2n) is 4.76. The van der Waals surface area contributed by atoms with Crippen LogP contribution in [0.25, 0.3) is 0 Å². The van der Waals surface area contributed by atoms with E-state index >= 15 is 0 Å². The van der Waals surface area contributed by atoms with Crippen molar-refractivity contribution in [1.82, 2.24) is 14.9 Å². The lowest BCUT2D eigenvalue weighted by Gasteiger charge is -2.37. The number of aliphatic carboxylic acids is 1. The van der Waals surface area contributed by atoms with Gasteiger partial charge in [0.05, 0.1) is 0 Å². The summed E-state index contributed by atoms with van der Waals surface area (Å²) in [5, 5.41) is 9.30. The molecule has 1 saturated heterocycles. The van der Waals surface area contributed by atoms with Gasteiger partial charge in [-0.25, -0.2) is 14.8 Å². The third kappa shape index (κ3) is 2.59. The molecule has 6 nitrogen and oxygen atoms in total. The number of nitrogens with zero attached hydrogens (tertiary/aromatic N) is 4. The summed E-state index contributed by atoms with van der Waals surface area (Å²) in [5.41, 5.74) is 1.72. The fraction of sp³-hybridized carbons (Fsp3) is 0.583. The van der Waals surface area contributed by atoms with Gasteiger partial charge < -0.3 is 14.9 Å². The highest BCUT2D eigenvalue weighted by molar-refractivity contribution is 5.78. The predicted molar refractivity (Wildman–Crippen MR) is 67.8 cm³/mol. The van der Waals surface area contributed by atoms with Gasteiger partial charge in [-0.3, -0.25) is 0 Å². The molecule has 1 N–H and O–H groups in total. The molecule has 6 heteroatoms. The summed E-state index contributed by atoms with van der Waals surface area (Å²) >= 11 is 0. The first kappa shape index (κ1) is 12.8. The van der Waals surface area contributed by atoms with E-state index in [-0.39, 0.29) is 0 Å². The van der Waals surface area contributed by atoms with Crippen molar-refractivity contribution in [2.75, 3.05) is 31.6 Å². The summed E-state index contributed by atoms with van der Waals surface area (Å²) in [6.45, 7) is 5.73. The molecular formula is C12H18N4O2. The molecule has 0 spiro atoms. The van der Waals surface area contributed by atoms with Gasteiger partial charge in [-0.1, -0.05) is 0 Å². The fourth-order valence-corrected chi connectivity index (χ4v) is 2.21. The van der Waals surface area contributed by atoms with Crippen molar-refractivity contribution in [2.45, 2.75) is 19.9 Å². The Bertz CT molecular complexity index is 443. The van der Waals surface area contributed by atoms with E-state index in [9.17, 15) is 9.90 Å². The van der Waals surface area contributed by atoms with Crippen molar-refractivity contribution in [2.24, 2.45) is 0 Å². The van der Waals surface area contributed by atoms with Crippen LogP contribution in [0.5, 0.6) is 0 Å². The van der Waals surface area contributed by atoms with Gasteiger partial charge in [-0.05, 0) is 27.0 Å². The van der Waals surface area contributed by atoms with E-state index in [1.54, 1.807) is 4.90 Å². The van der Waals surface area contributed by atoms with Gasteiger partial charge in [0.15, 0.2) is 0 Å². The van der Waals surface area contributed by atoms with E-state index < -0.39 is 12.0 Å². The van der Waals surface area contributed by atoms with Gasteiger partial charge in [0.25, 0.3) is 0 Å². The molecule has 18 heavy (non-hydrogen) atoms. The Kier molecular flexibility index (Phi) is 3.47. The van der Waals surface area contributed by atoms with Gasteiger partial charge >= 0.3 is 5.97 Å². The Balaban J connectivity index is 2.32. The number of carbonyl (C=O) groups is 1. The van der Waals surface area contributed by atoms with Gasteiger partial charge in [-0.2, -0.15) is 0 Å². The van der Waals surface area contributed by atoms with Crippen molar-refractivity contribution in [1.29, 1.82) is 0 Å². The standard InChI is InChI=1S/C12H18N4O2/c1-8-6-9(2)14-12(13-8)16-5-4-15(3)7-10(16)11(17)18/h6,10H,4-5,7H2,1-3H3,(H,17,18). The van der Waals surface area contributed by atoms with Crippen molar-refractivity contribution in [3.63, 3.8) is 0 Å². The number of hydrogen-bond acceptors (Lipinski definition) is 5. The van der Waals surface area contributed by atoms with E-state index in [0.29, 0.717) is 19.0 Å². The third-order valence-electron chi connectivity index (χ3n) is 3.10. The van der Waals surface area contributed by atoms with Gasteiger partial charge in [0.2, 0.25) is 5.95 Å². The van der Waals surface area contributed by atoms with Crippen molar-refractivity contribution in [3.8, 4) is 0 Å². The van der Waals surface area contributed by atoms with Gasteiger partial charge in [0.1, 0.15) is 6.04 Å². The Morgan fingerprint density at radius 3 is 2.50 bits per heavy atom. The summed E-state index contributed by atoms with van der Waals surface area (Å²) in [7, 11) is 1.93. The van der Waals surface area contributed by atoms with Crippen LogP contribution in [0.2, 0.25) is 0 Å². The zero-order valence-electron chi connectivity index (χ0n) is 10.9. The normalized spacial score (nSPS) is 21.1. The van der Waals surface area contributed by atoms with Crippen molar-refractivity contribution >= 4 is 11.9 Å². The number of piperazine rings is 1. The van der Waals surface area contributed by atoms with Crippen LogP contribution in [0, 0.1) is 13.8 Å². The lowest BCUT2D eigenvalue weighted by atomic mass is 10.2. The lowest BCUT2D eigenvalue weighted by Crippen LogP contribution is -2.56. The molecule has 2 heterocycles. The zero-order valence-corrected chi connectivity index (χ0v) is 10.9. The van der Waals surface area contributed by atoms with Crippen LogP contribution < -0.4 is 4.90 Å². The monoisotopic (exact) mass is 250 g/mol. The number of hydrogen-bond donors (Lipinski definition) is 1. The molecule has 0 radical (unpaired) electrons. The summed E-state index contributed by atoms with van der Waals surface area (Å²) in [5.74, 6) is -0.308. The molecule has 0 aromatic carbocycles. The van der Waals surface area contributed by atoms with E-state index in [4.69, 9.17) is 0 Å². The molecule has 1 aliphatic rings. The maximum atomic E-state index is 11.3. The number of carboxylic acids is 1. The van der Waals surface area contributed by atoms with E-state index in [0.717, 1.165) is 17.9 Å². The quantitative estimate of drug-likeness (QED) is 0.814. The number of carboxylic acid groups (broad SMARTS) is 1. The average Bonchev–Trinajstić information content (AvgIpc) is 2.27. The van der Waals surface area contributed by atoms with Gasteiger partial charge in [0, 0.05) is 31.0 Å². The Hall–Kier alpha value is -1.69. The summed E-state index contributed by atoms with van der Waals surface area (Å²) in [4.78, 5) is 23.8. The van der Waals surface area contributed by atoms with Crippen LogP contribution >= 0.6 is 0 Å². The molecule has 0 saturated carbocycles. The van der Waals surface area contributed by atoms with E-state index in [1.807, 2.05) is 31.9 Å². The van der Waals surface area contributed by atoms with Crippen LogP contribution in [-0.2, 0) is 4.79 Å². The Morgan fingerprint density at radius 2 is 1.94 bits per heavy atom. The highest BCUT2D eigenvalue weighted by Gasteiger charge is 2.32. The maximum Gasteiger partial charge on any atom is 0.327 e. The number of aryl methyl sites for hydroxylation is 2. The Labute approximate surface area is 106 Å². The second-order valence-corrected chi connectivity index (χ2v) is 4.76. The van der Waals surface area contributed by atoms with Crippen LogP contribution in [0.15, 0.2) is 6.07 Å². The molecular weight excluding hydrogens is 232 g/mol. The van der Waals surface area contributed by atoms with Crippen molar-refractivity contribution in [3.05, 3.63) is 17.5 Å². The van der Waals surface area contributed by atoms with Crippen molar-refractivity contribution < 1.29 is 9.90 Å². The molecule has 2 rings (SSSR count). The molecule has 1 fully saturated rings.